The molecule has 0 unspecified atom stereocenters. The Morgan fingerprint density at radius 2 is 0.738 bits per heavy atom. The van der Waals surface area contributed by atoms with Gasteiger partial charge in [-0.2, -0.15) is 0 Å². The van der Waals surface area contributed by atoms with Crippen LogP contribution in [0.5, 0.6) is 0 Å². The first kappa shape index (κ1) is 64.1. The summed E-state index contributed by atoms with van der Waals surface area (Å²) in [5, 5.41) is 50.4. The van der Waals surface area contributed by atoms with E-state index in [0.717, 1.165) is 46.1 Å². The third kappa shape index (κ3) is 23.1. The number of ether oxygens (including phenoxy) is 2. The first-order chi connectivity index (χ1) is 39.9. The number of nitrogen functional groups attached to an aromatic ring is 2. The van der Waals surface area contributed by atoms with Crippen LogP contribution in [0.2, 0.25) is 0 Å². The van der Waals surface area contributed by atoms with E-state index in [9.17, 15) is 44.3 Å². The molecule has 0 fully saturated rings. The summed E-state index contributed by atoms with van der Waals surface area (Å²) < 4.78 is 23.5. The van der Waals surface area contributed by atoms with Crippen LogP contribution < -0.4 is 43.4 Å². The fraction of sp³-hybridized carbons (Fsp3) is 0.194. The Hall–Kier alpha value is -10.8. The van der Waals surface area contributed by atoms with Crippen molar-refractivity contribution in [3.05, 3.63) is 253 Å². The minimum absolute atomic E-state index is 0.0279. The van der Waals surface area contributed by atoms with Crippen LogP contribution in [-0.4, -0.2) is 38.2 Å². The number of nitrogens with one attached hydrogen (secondary N) is 6. The number of nitrogens with zero attached hydrogens (tertiary/aromatic N) is 3. The minimum Gasteiger partial charge on any atom is -0.444 e. The predicted octanol–water partition coefficient (Wildman–Crippen LogP) is 14.9. The average Bonchev–Trinajstić information content (AvgIpc) is 3.66. The molecule has 0 atom stereocenters. The van der Waals surface area contributed by atoms with E-state index in [0.29, 0.717) is 60.3 Å². The van der Waals surface area contributed by atoms with Crippen molar-refractivity contribution in [3.63, 3.8) is 0 Å². The van der Waals surface area contributed by atoms with Gasteiger partial charge >= 0.3 is 12.2 Å². The summed E-state index contributed by atoms with van der Waals surface area (Å²) in [6, 6.07) is 56.1. The maximum atomic E-state index is 13.1. The Labute approximate surface area is 486 Å². The number of benzene rings is 8. The Balaban J connectivity index is 0.000000207. The smallest absolute Gasteiger partial charge is 0.412 e. The Morgan fingerprint density at radius 1 is 0.429 bits per heavy atom. The topological polar surface area (TPSA) is 306 Å². The molecular weight excluding hydrogens is 1080 g/mol. The van der Waals surface area contributed by atoms with E-state index in [4.69, 9.17) is 20.9 Å². The van der Waals surface area contributed by atoms with Gasteiger partial charge in [-0.3, -0.25) is 41.0 Å². The van der Waals surface area contributed by atoms with Gasteiger partial charge in [0.2, 0.25) is 0 Å². The molecule has 10 N–H and O–H groups in total. The van der Waals surface area contributed by atoms with Crippen LogP contribution in [0.15, 0.2) is 194 Å². The van der Waals surface area contributed by atoms with Gasteiger partial charge in [-0.15, -0.1) is 0 Å². The van der Waals surface area contributed by atoms with Crippen LogP contribution in [0, 0.1) is 36.2 Å². The fourth-order valence-electron chi connectivity index (χ4n) is 7.38. The highest BCUT2D eigenvalue weighted by atomic mass is 19.1. The summed E-state index contributed by atoms with van der Waals surface area (Å²) in [6.45, 7) is 12.8. The molecule has 0 saturated heterocycles. The van der Waals surface area contributed by atoms with Crippen molar-refractivity contribution in [2.24, 2.45) is 0 Å². The third-order valence-corrected chi connectivity index (χ3v) is 11.2. The first-order valence-electron chi connectivity index (χ1n) is 26.2. The van der Waals surface area contributed by atoms with E-state index in [1.54, 1.807) is 45.0 Å². The third-order valence-electron chi connectivity index (χ3n) is 11.2. The number of rotatable bonds is 17. The molecule has 22 heteroatoms. The molecule has 0 bridgehead atoms. The van der Waals surface area contributed by atoms with E-state index >= 15 is 0 Å². The SMILES string of the molecule is CC(C)(C)OC(=O)Nc1ccc(N)c(NCc2ccccc2)c1.CC(C)(C)OC(=O)Nc1ccc([N+](=O)[O-])c(NCc2ccccc2)c1.Nc1ccc([N+](=O)[O-])c(NCc2ccccc2)c1.O=[N+]([O-])c1ccc(F)cc1NCc1ccccc1. The monoisotopic (exact) mass is 1150 g/mol. The quantitative estimate of drug-likeness (QED) is 0.0239. The molecule has 2 amide bonds. The van der Waals surface area contributed by atoms with E-state index in [1.807, 2.05) is 142 Å². The van der Waals surface area contributed by atoms with Gasteiger partial charge in [0.15, 0.2) is 0 Å². The van der Waals surface area contributed by atoms with Crippen molar-refractivity contribution in [2.75, 3.05) is 43.4 Å². The molecule has 0 aliphatic carbocycles. The maximum Gasteiger partial charge on any atom is 0.412 e. The van der Waals surface area contributed by atoms with Gasteiger partial charge in [-0.1, -0.05) is 121 Å². The van der Waals surface area contributed by atoms with Crippen molar-refractivity contribution in [1.29, 1.82) is 0 Å². The summed E-state index contributed by atoms with van der Waals surface area (Å²) in [6.07, 6.45) is -1.10. The lowest BCUT2D eigenvalue weighted by atomic mass is 10.2. The van der Waals surface area contributed by atoms with Gasteiger partial charge in [0.25, 0.3) is 17.1 Å². The second-order valence-corrected chi connectivity index (χ2v) is 20.4. The minimum atomic E-state index is -0.626. The average molecular weight is 1150 g/mol. The molecule has 8 rings (SSSR count). The number of nitro groups is 3. The van der Waals surface area contributed by atoms with Crippen LogP contribution in [0.3, 0.4) is 0 Å². The number of anilines is 8. The molecule has 84 heavy (non-hydrogen) atoms. The van der Waals surface area contributed by atoms with Gasteiger partial charge < -0.3 is 42.2 Å². The first-order valence-corrected chi connectivity index (χ1v) is 26.2. The predicted molar refractivity (Wildman–Crippen MR) is 329 cm³/mol. The van der Waals surface area contributed by atoms with E-state index in [-0.39, 0.29) is 22.7 Å². The molecule has 0 spiro atoms. The van der Waals surface area contributed by atoms with Crippen LogP contribution in [0.1, 0.15) is 63.8 Å². The number of carbonyl (C=O) groups is 2. The largest absolute Gasteiger partial charge is 0.444 e. The highest BCUT2D eigenvalue weighted by Gasteiger charge is 2.20. The van der Waals surface area contributed by atoms with Crippen molar-refractivity contribution >= 4 is 74.7 Å². The molecule has 21 nitrogen and oxygen atoms in total. The number of nitro benzene ring substituents is 3. The lowest BCUT2D eigenvalue weighted by molar-refractivity contribution is -0.384. The lowest BCUT2D eigenvalue weighted by Crippen LogP contribution is -2.27. The van der Waals surface area contributed by atoms with Gasteiger partial charge in [0.05, 0.1) is 26.1 Å². The summed E-state index contributed by atoms with van der Waals surface area (Å²) in [5.41, 5.74) is 18.3. The number of carbonyl (C=O) groups excluding carboxylic acids is 2. The zero-order valence-electron chi connectivity index (χ0n) is 47.3. The van der Waals surface area contributed by atoms with E-state index in [2.05, 4.69) is 31.9 Å². The molecule has 0 heterocycles. The highest BCUT2D eigenvalue weighted by Crippen LogP contribution is 2.30. The molecule has 0 saturated carbocycles. The van der Waals surface area contributed by atoms with Gasteiger partial charge in [0.1, 0.15) is 34.1 Å². The van der Waals surface area contributed by atoms with Gasteiger partial charge in [-0.25, -0.2) is 14.0 Å². The zero-order chi connectivity index (χ0) is 61.2. The summed E-state index contributed by atoms with van der Waals surface area (Å²) in [7, 11) is 0. The molecule has 0 aliphatic heterocycles. The molecule has 0 aromatic heterocycles. The number of amides is 2. The van der Waals surface area contributed by atoms with Crippen LogP contribution >= 0.6 is 0 Å². The Kier molecular flexibility index (Phi) is 23.9. The highest BCUT2D eigenvalue weighted by molar-refractivity contribution is 5.88. The van der Waals surface area contributed by atoms with Crippen LogP contribution in [0.4, 0.5) is 76.5 Å². The fourth-order valence-corrected chi connectivity index (χ4v) is 7.38. The van der Waals surface area contributed by atoms with E-state index in [1.165, 1.54) is 30.3 Å². The van der Waals surface area contributed by atoms with Crippen LogP contribution in [-0.2, 0) is 35.7 Å². The summed E-state index contributed by atoms with van der Waals surface area (Å²) >= 11 is 0. The number of halogens is 1. The lowest BCUT2D eigenvalue weighted by Gasteiger charge is -2.20. The molecule has 8 aromatic rings. The second kappa shape index (κ2) is 31.3. The number of hydrogen-bond acceptors (Lipinski definition) is 16. The zero-order valence-corrected chi connectivity index (χ0v) is 47.3. The Bertz CT molecular complexity index is 3340. The van der Waals surface area contributed by atoms with Crippen molar-refractivity contribution < 1.29 is 38.2 Å². The maximum absolute atomic E-state index is 13.1. The molecule has 0 aliphatic rings. The van der Waals surface area contributed by atoms with Gasteiger partial charge in [0, 0.05) is 67.5 Å². The molecule has 0 radical (unpaired) electrons. The van der Waals surface area contributed by atoms with Crippen molar-refractivity contribution in [1.82, 2.24) is 0 Å². The number of hydrogen-bond donors (Lipinski definition) is 8. The summed E-state index contributed by atoms with van der Waals surface area (Å²) in [4.78, 5) is 55.1. The van der Waals surface area contributed by atoms with Crippen molar-refractivity contribution in [2.45, 2.75) is 78.9 Å². The molecule has 438 valence electrons. The van der Waals surface area contributed by atoms with Crippen molar-refractivity contribution in [3.8, 4) is 0 Å². The second-order valence-electron chi connectivity index (χ2n) is 20.4. The van der Waals surface area contributed by atoms with E-state index < -0.39 is 44.0 Å². The normalized spacial score (nSPS) is 10.5. The summed E-state index contributed by atoms with van der Waals surface area (Å²) in [5.74, 6) is -0.504. The number of nitrogens with two attached hydrogens (primary N) is 2. The Morgan fingerprint density at radius 3 is 1.11 bits per heavy atom. The standard InChI is InChI=1S/C18H21N3O4.C18H23N3O2.C13H11FN2O2.C13H13N3O2/c1-18(2,3)25-17(22)20-14-9-10-16(21(23)24)15(11-14)19-12-13-7-5-4-6-8-13;1-18(2,3)23-17(22)21-14-9-10-15(19)16(11-14)20-12-13-7-5-4-6-8-13;2*14-11-6-7-13(16(17)18)12(8-11)15-9-10-4-2-1-3-5-10/h4-11,19H,12H2,1-3H3,(H,20,22);4-11,20H,12,19H2,1-3H3,(H,21,22);1-8,15H,9H2;1-8,15H,9,14H2. The molecular formula is C62H68FN11O10. The molecule has 8 aromatic carbocycles. The van der Waals surface area contributed by atoms with Crippen LogP contribution in [0.25, 0.3) is 0 Å². The van der Waals surface area contributed by atoms with Gasteiger partial charge in [-0.05, 0) is 112 Å².